The lowest BCUT2D eigenvalue weighted by Crippen LogP contribution is -2.40. The zero-order valence-electron chi connectivity index (χ0n) is 10.8. The molecule has 0 aromatic carbocycles. The first-order valence-electron chi connectivity index (χ1n) is 6.29. The van der Waals surface area contributed by atoms with Gasteiger partial charge in [-0.05, 0) is 6.92 Å². The second kappa shape index (κ2) is 7.19. The third-order valence-electron chi connectivity index (χ3n) is 2.93. The van der Waals surface area contributed by atoms with Gasteiger partial charge in [0.2, 0.25) is 0 Å². The Morgan fingerprint density at radius 1 is 1.63 bits per heavy atom. The number of morpholine rings is 1. The molecule has 1 aliphatic heterocycles. The van der Waals surface area contributed by atoms with E-state index < -0.39 is 0 Å². The molecule has 0 amide bonds. The van der Waals surface area contributed by atoms with Crippen molar-refractivity contribution in [2.24, 2.45) is 0 Å². The first-order valence-corrected chi connectivity index (χ1v) is 7.48. The number of halogens is 1. The van der Waals surface area contributed by atoms with E-state index in [4.69, 9.17) is 21.1 Å². The SMILES string of the molecule is CCOC(=O)CC(c1ncc(Cl)s1)N1CCOCC1. The Balaban J connectivity index is 2.10. The summed E-state index contributed by atoms with van der Waals surface area (Å²) in [6.45, 7) is 5.15. The quantitative estimate of drug-likeness (QED) is 0.780. The minimum Gasteiger partial charge on any atom is -0.466 e. The Labute approximate surface area is 121 Å². The predicted molar refractivity (Wildman–Crippen MR) is 73.5 cm³/mol. The molecule has 2 rings (SSSR count). The fourth-order valence-corrected chi connectivity index (χ4v) is 3.13. The maximum Gasteiger partial charge on any atom is 0.307 e. The number of ether oxygens (including phenoxy) is 2. The second-order valence-electron chi connectivity index (χ2n) is 4.18. The maximum atomic E-state index is 11.7. The van der Waals surface area contributed by atoms with Crippen molar-refractivity contribution in [2.45, 2.75) is 19.4 Å². The van der Waals surface area contributed by atoms with Gasteiger partial charge in [-0.15, -0.1) is 11.3 Å². The minimum absolute atomic E-state index is 0.0690. The second-order valence-corrected chi connectivity index (χ2v) is 5.87. The predicted octanol–water partition coefficient (Wildman–Crippen LogP) is 2.12. The molecule has 19 heavy (non-hydrogen) atoms. The van der Waals surface area contributed by atoms with Crippen LogP contribution in [0.2, 0.25) is 4.34 Å². The van der Waals surface area contributed by atoms with Gasteiger partial charge in [0.15, 0.2) is 0 Å². The van der Waals surface area contributed by atoms with Crippen LogP contribution in [0.4, 0.5) is 0 Å². The number of thiazole rings is 1. The van der Waals surface area contributed by atoms with Gasteiger partial charge in [-0.3, -0.25) is 9.69 Å². The summed E-state index contributed by atoms with van der Waals surface area (Å²) in [7, 11) is 0. The minimum atomic E-state index is -0.203. The zero-order chi connectivity index (χ0) is 13.7. The highest BCUT2D eigenvalue weighted by Crippen LogP contribution is 2.31. The van der Waals surface area contributed by atoms with Crippen LogP contribution in [-0.2, 0) is 14.3 Å². The van der Waals surface area contributed by atoms with Crippen LogP contribution >= 0.6 is 22.9 Å². The van der Waals surface area contributed by atoms with Crippen molar-refractivity contribution in [1.82, 2.24) is 9.88 Å². The average molecular weight is 305 g/mol. The van der Waals surface area contributed by atoms with E-state index in [1.165, 1.54) is 11.3 Å². The molecule has 0 spiro atoms. The van der Waals surface area contributed by atoms with Gasteiger partial charge in [-0.2, -0.15) is 0 Å². The largest absolute Gasteiger partial charge is 0.466 e. The number of carbonyl (C=O) groups is 1. The van der Waals surface area contributed by atoms with Crippen molar-refractivity contribution >= 4 is 28.9 Å². The molecule has 0 bridgehead atoms. The van der Waals surface area contributed by atoms with E-state index in [-0.39, 0.29) is 12.0 Å². The summed E-state index contributed by atoms with van der Waals surface area (Å²) in [5, 5.41) is 0.861. The van der Waals surface area contributed by atoms with E-state index in [0.29, 0.717) is 30.6 Å². The molecule has 1 saturated heterocycles. The number of hydrogen-bond acceptors (Lipinski definition) is 6. The van der Waals surface area contributed by atoms with Gasteiger partial charge in [0.25, 0.3) is 0 Å². The van der Waals surface area contributed by atoms with Crippen molar-refractivity contribution in [3.8, 4) is 0 Å². The van der Waals surface area contributed by atoms with E-state index in [1.54, 1.807) is 6.20 Å². The molecule has 1 atom stereocenters. The molecule has 0 N–H and O–H groups in total. The van der Waals surface area contributed by atoms with Gasteiger partial charge >= 0.3 is 5.97 Å². The van der Waals surface area contributed by atoms with Gasteiger partial charge in [0.05, 0.1) is 38.5 Å². The molecule has 0 radical (unpaired) electrons. The van der Waals surface area contributed by atoms with E-state index in [2.05, 4.69) is 9.88 Å². The lowest BCUT2D eigenvalue weighted by atomic mass is 10.1. The summed E-state index contributed by atoms with van der Waals surface area (Å²) in [5.74, 6) is -0.203. The Morgan fingerprint density at radius 2 is 2.37 bits per heavy atom. The fourth-order valence-electron chi connectivity index (χ4n) is 2.06. The van der Waals surface area contributed by atoms with Crippen LogP contribution < -0.4 is 0 Å². The van der Waals surface area contributed by atoms with Gasteiger partial charge < -0.3 is 9.47 Å². The average Bonchev–Trinajstić information content (AvgIpc) is 2.84. The summed E-state index contributed by atoms with van der Waals surface area (Å²) >= 11 is 7.35. The van der Waals surface area contributed by atoms with Crippen LogP contribution in [0.15, 0.2) is 6.20 Å². The first kappa shape index (κ1) is 14.7. The van der Waals surface area contributed by atoms with E-state index in [9.17, 15) is 4.79 Å². The Morgan fingerprint density at radius 3 is 2.95 bits per heavy atom. The number of esters is 1. The van der Waals surface area contributed by atoms with Crippen LogP contribution in [0.3, 0.4) is 0 Å². The molecule has 106 valence electrons. The lowest BCUT2D eigenvalue weighted by Gasteiger charge is -2.32. The Kier molecular flexibility index (Phi) is 5.57. The standard InChI is InChI=1S/C12H17ClN2O3S/c1-2-18-11(16)7-9(12-14-8-10(13)19-12)15-3-5-17-6-4-15/h8-9H,2-7H2,1H3. The Hall–Kier alpha value is -0.690. The normalized spacial score (nSPS) is 18.2. The van der Waals surface area contributed by atoms with Gasteiger partial charge in [-0.25, -0.2) is 4.98 Å². The van der Waals surface area contributed by atoms with E-state index in [0.717, 1.165) is 18.1 Å². The van der Waals surface area contributed by atoms with Gasteiger partial charge in [-0.1, -0.05) is 11.6 Å². The van der Waals surface area contributed by atoms with E-state index >= 15 is 0 Å². The lowest BCUT2D eigenvalue weighted by molar-refractivity contribution is -0.145. The van der Waals surface area contributed by atoms with Crippen LogP contribution in [0.25, 0.3) is 0 Å². The van der Waals surface area contributed by atoms with Crippen LogP contribution in [0.5, 0.6) is 0 Å². The first-order chi connectivity index (χ1) is 9.20. The molecule has 1 unspecified atom stereocenters. The zero-order valence-corrected chi connectivity index (χ0v) is 12.4. The summed E-state index contributed by atoms with van der Waals surface area (Å²) in [6, 6.07) is -0.0690. The molecule has 0 aliphatic carbocycles. The topological polar surface area (TPSA) is 51.7 Å². The molecule has 7 heteroatoms. The maximum absolute atomic E-state index is 11.7. The van der Waals surface area contributed by atoms with Crippen molar-refractivity contribution in [1.29, 1.82) is 0 Å². The highest BCUT2D eigenvalue weighted by atomic mass is 35.5. The molecule has 1 fully saturated rings. The molecule has 5 nitrogen and oxygen atoms in total. The number of carbonyl (C=O) groups excluding carboxylic acids is 1. The Bertz CT molecular complexity index is 421. The summed E-state index contributed by atoms with van der Waals surface area (Å²) in [4.78, 5) is 18.2. The molecule has 2 heterocycles. The molecular weight excluding hydrogens is 288 g/mol. The smallest absolute Gasteiger partial charge is 0.307 e. The molecule has 0 saturated carbocycles. The van der Waals surface area contributed by atoms with Crippen molar-refractivity contribution in [2.75, 3.05) is 32.9 Å². The highest BCUT2D eigenvalue weighted by molar-refractivity contribution is 7.15. The number of hydrogen-bond donors (Lipinski definition) is 0. The van der Waals surface area contributed by atoms with Crippen LogP contribution in [-0.4, -0.2) is 48.8 Å². The van der Waals surface area contributed by atoms with E-state index in [1.807, 2.05) is 6.92 Å². The van der Waals surface area contributed by atoms with Crippen LogP contribution in [0.1, 0.15) is 24.4 Å². The van der Waals surface area contributed by atoms with Gasteiger partial charge in [0, 0.05) is 13.1 Å². The monoisotopic (exact) mass is 304 g/mol. The van der Waals surface area contributed by atoms with Crippen LogP contribution in [0, 0.1) is 0 Å². The summed E-state index contributed by atoms with van der Waals surface area (Å²) < 4.78 is 11.0. The highest BCUT2D eigenvalue weighted by Gasteiger charge is 2.27. The number of aromatic nitrogens is 1. The number of nitrogens with zero attached hydrogens (tertiary/aromatic N) is 2. The van der Waals surface area contributed by atoms with Crippen molar-refractivity contribution < 1.29 is 14.3 Å². The third kappa shape index (κ3) is 4.14. The third-order valence-corrected chi connectivity index (χ3v) is 4.15. The number of rotatable bonds is 5. The van der Waals surface area contributed by atoms with Crippen molar-refractivity contribution in [3.63, 3.8) is 0 Å². The van der Waals surface area contributed by atoms with Gasteiger partial charge in [0.1, 0.15) is 9.34 Å². The summed E-state index contributed by atoms with van der Waals surface area (Å²) in [5.41, 5.74) is 0. The molecule has 1 aromatic rings. The molecular formula is C12H17ClN2O3S. The summed E-state index contributed by atoms with van der Waals surface area (Å²) in [6.07, 6.45) is 1.93. The van der Waals surface area contributed by atoms with Crippen molar-refractivity contribution in [3.05, 3.63) is 15.5 Å². The molecule has 1 aliphatic rings. The fraction of sp³-hybridized carbons (Fsp3) is 0.667. The molecule has 1 aromatic heterocycles.